The highest BCUT2D eigenvalue weighted by molar-refractivity contribution is 7.91. The van der Waals surface area contributed by atoms with E-state index in [1.165, 1.54) is 10.9 Å². The minimum atomic E-state index is -3.14. The lowest BCUT2D eigenvalue weighted by molar-refractivity contribution is -0.118. The summed E-state index contributed by atoms with van der Waals surface area (Å²) in [6.07, 6.45) is -3.30. The van der Waals surface area contributed by atoms with Gasteiger partial charge in [0.25, 0.3) is 10.7 Å². The number of H-pyrrole nitrogens is 1. The summed E-state index contributed by atoms with van der Waals surface area (Å²) in [6.45, 7) is 3.12. The van der Waals surface area contributed by atoms with Crippen LogP contribution < -0.4 is 10.9 Å². The fraction of sp³-hybridized carbons (Fsp3) is 0.632. The lowest BCUT2D eigenvalue weighted by atomic mass is 10.1. The highest BCUT2D eigenvalue weighted by Gasteiger charge is 2.47. The summed E-state index contributed by atoms with van der Waals surface area (Å²) in [4.78, 5) is 37.0. The first-order chi connectivity index (χ1) is 16.5. The molecule has 4 rings (SSSR count). The summed E-state index contributed by atoms with van der Waals surface area (Å²) < 4.78 is 36.4. The maximum absolute atomic E-state index is 12.5. The number of thiocarbonyl (C=S) groups is 1. The van der Waals surface area contributed by atoms with Gasteiger partial charge in [0.15, 0.2) is 33.3 Å². The second kappa shape index (κ2) is 9.77. The Morgan fingerprint density at radius 1 is 1.40 bits per heavy atom. The third-order valence-corrected chi connectivity index (χ3v) is 7.77. The smallest absolute Gasteiger partial charge is 0.280 e. The predicted molar refractivity (Wildman–Crippen MR) is 126 cm³/mol. The van der Waals surface area contributed by atoms with Crippen LogP contribution in [0.15, 0.2) is 11.1 Å². The summed E-state index contributed by atoms with van der Waals surface area (Å²) in [7, 11) is -3.14. The van der Waals surface area contributed by atoms with E-state index in [1.807, 2.05) is 0 Å². The summed E-state index contributed by atoms with van der Waals surface area (Å²) in [6, 6.07) is 0. The number of hydrogen-bond donors (Lipinski definition) is 4. The molecular formula is C19H26N6O8S2. The SMILES string of the molecule is CC(C)C(=O)Nc1nc2c(ncn2[C@@H]2O[C@H](CO)C(O)C2OC(=S)N2CCS(=O)(=O)CC2)c(=O)[nH]1. The molecular weight excluding hydrogens is 504 g/mol. The van der Waals surface area contributed by atoms with Crippen LogP contribution in [0, 0.1) is 5.92 Å². The molecule has 2 aliphatic rings. The van der Waals surface area contributed by atoms with Gasteiger partial charge in [-0.05, 0) is 12.2 Å². The predicted octanol–water partition coefficient (Wildman–Crippen LogP) is -1.63. The number of fused-ring (bicyclic) bond motifs is 1. The lowest BCUT2D eigenvalue weighted by Gasteiger charge is -2.31. The number of rotatable bonds is 5. The van der Waals surface area contributed by atoms with Crippen LogP contribution in [0.25, 0.3) is 11.2 Å². The van der Waals surface area contributed by atoms with Gasteiger partial charge in [-0.15, -0.1) is 0 Å². The second-order valence-electron chi connectivity index (χ2n) is 8.61. The number of carbonyl (C=O) groups excluding carboxylic acids is 1. The van der Waals surface area contributed by atoms with E-state index in [1.54, 1.807) is 18.7 Å². The fourth-order valence-electron chi connectivity index (χ4n) is 3.74. The van der Waals surface area contributed by atoms with E-state index in [9.17, 15) is 28.2 Å². The number of carbonyl (C=O) groups is 1. The Morgan fingerprint density at radius 2 is 2.09 bits per heavy atom. The highest BCUT2D eigenvalue weighted by atomic mass is 32.2. The minimum Gasteiger partial charge on any atom is -0.460 e. The molecule has 14 nitrogen and oxygen atoms in total. The largest absolute Gasteiger partial charge is 0.460 e. The summed E-state index contributed by atoms with van der Waals surface area (Å²) in [5, 5.41) is 22.9. The Morgan fingerprint density at radius 3 is 2.71 bits per heavy atom. The maximum Gasteiger partial charge on any atom is 0.280 e. The number of aliphatic hydroxyl groups is 2. The van der Waals surface area contributed by atoms with Crippen molar-refractivity contribution in [3.8, 4) is 0 Å². The molecule has 4 heterocycles. The maximum atomic E-state index is 12.5. The molecule has 0 bridgehead atoms. The molecule has 2 aromatic heterocycles. The quantitative estimate of drug-likeness (QED) is 0.323. The number of nitrogens with zero attached hydrogens (tertiary/aromatic N) is 4. The van der Waals surface area contributed by atoms with Crippen molar-refractivity contribution >= 4 is 50.2 Å². The van der Waals surface area contributed by atoms with Crippen molar-refractivity contribution in [1.29, 1.82) is 0 Å². The van der Waals surface area contributed by atoms with Gasteiger partial charge in [-0.25, -0.2) is 13.4 Å². The summed E-state index contributed by atoms with van der Waals surface area (Å²) in [5.41, 5.74) is -0.597. The van der Waals surface area contributed by atoms with Crippen molar-refractivity contribution in [2.45, 2.75) is 38.4 Å². The first-order valence-electron chi connectivity index (χ1n) is 10.9. The van der Waals surface area contributed by atoms with Crippen LogP contribution in [0.4, 0.5) is 5.95 Å². The fourth-order valence-corrected chi connectivity index (χ4v) is 5.23. The molecule has 4 atom stereocenters. The third kappa shape index (κ3) is 5.16. The monoisotopic (exact) mass is 530 g/mol. The number of amides is 1. The normalized spacial score (nSPS) is 26.3. The second-order valence-corrected chi connectivity index (χ2v) is 11.3. The van der Waals surface area contributed by atoms with E-state index in [4.69, 9.17) is 21.7 Å². The molecule has 2 fully saturated rings. The van der Waals surface area contributed by atoms with Crippen LogP contribution in [0.5, 0.6) is 0 Å². The molecule has 0 aromatic carbocycles. The van der Waals surface area contributed by atoms with Crippen LogP contribution in [-0.4, -0.2) is 104 Å². The average Bonchev–Trinajstić information content (AvgIpc) is 3.35. The number of ether oxygens (including phenoxy) is 2. The first kappa shape index (κ1) is 25.4. The van der Waals surface area contributed by atoms with Crippen molar-refractivity contribution in [2.24, 2.45) is 5.92 Å². The number of imidazole rings is 1. The average molecular weight is 531 g/mol. The van der Waals surface area contributed by atoms with Gasteiger partial charge in [-0.3, -0.25) is 24.5 Å². The molecule has 35 heavy (non-hydrogen) atoms. The topological polar surface area (TPSA) is 189 Å². The van der Waals surface area contributed by atoms with E-state index in [-0.39, 0.29) is 58.7 Å². The van der Waals surface area contributed by atoms with Gasteiger partial charge in [0, 0.05) is 19.0 Å². The van der Waals surface area contributed by atoms with Crippen molar-refractivity contribution in [3.05, 3.63) is 16.7 Å². The number of hydrogen-bond acceptors (Lipinski definition) is 11. The van der Waals surface area contributed by atoms with Crippen LogP contribution in [-0.2, 0) is 24.1 Å². The van der Waals surface area contributed by atoms with Gasteiger partial charge in [0.2, 0.25) is 11.9 Å². The molecule has 2 aromatic rings. The first-order valence-corrected chi connectivity index (χ1v) is 13.1. The van der Waals surface area contributed by atoms with Crippen LogP contribution in [0.2, 0.25) is 0 Å². The van der Waals surface area contributed by atoms with Crippen LogP contribution in [0.1, 0.15) is 20.1 Å². The zero-order valence-electron chi connectivity index (χ0n) is 18.9. The molecule has 0 saturated carbocycles. The van der Waals surface area contributed by atoms with Gasteiger partial charge in [-0.1, -0.05) is 13.8 Å². The lowest BCUT2D eigenvalue weighted by Crippen LogP contribution is -2.47. The summed E-state index contributed by atoms with van der Waals surface area (Å²) in [5.74, 6) is -0.966. The van der Waals surface area contributed by atoms with E-state index < -0.39 is 46.5 Å². The Labute approximate surface area is 205 Å². The zero-order valence-corrected chi connectivity index (χ0v) is 20.6. The van der Waals surface area contributed by atoms with E-state index in [0.29, 0.717) is 0 Å². The molecule has 0 spiro atoms. The molecule has 4 N–H and O–H groups in total. The van der Waals surface area contributed by atoms with Crippen molar-refractivity contribution in [3.63, 3.8) is 0 Å². The van der Waals surface area contributed by atoms with E-state index in [0.717, 1.165) is 0 Å². The van der Waals surface area contributed by atoms with E-state index in [2.05, 4.69) is 20.3 Å². The van der Waals surface area contributed by atoms with Crippen molar-refractivity contribution in [2.75, 3.05) is 36.5 Å². The molecule has 2 saturated heterocycles. The molecule has 2 unspecified atom stereocenters. The number of aliphatic hydroxyl groups excluding tert-OH is 2. The van der Waals surface area contributed by atoms with Gasteiger partial charge < -0.3 is 24.6 Å². The van der Waals surface area contributed by atoms with Gasteiger partial charge in [0.1, 0.15) is 12.2 Å². The Kier molecular flexibility index (Phi) is 7.10. The van der Waals surface area contributed by atoms with Gasteiger partial charge in [0.05, 0.1) is 24.4 Å². The van der Waals surface area contributed by atoms with E-state index >= 15 is 0 Å². The number of aromatic amines is 1. The van der Waals surface area contributed by atoms with Crippen molar-refractivity contribution < 1.29 is 32.9 Å². The number of aromatic nitrogens is 4. The molecule has 1 amide bonds. The zero-order chi connectivity index (χ0) is 25.5. The highest BCUT2D eigenvalue weighted by Crippen LogP contribution is 2.34. The standard InChI is InChI=1S/C19H26N6O8S2/c1-9(2)15(28)22-18-21-14-11(16(29)23-18)20-8-25(14)17-13(12(27)10(7-26)32-17)33-19(34)24-3-5-35(30,31)6-4-24/h8-10,12-13,17,26-27H,3-7H2,1-2H3,(H2,21,22,23,28,29)/t10-,12?,13?,17-/m1/s1. The molecule has 0 aliphatic carbocycles. The van der Waals surface area contributed by atoms with Crippen LogP contribution >= 0.6 is 12.2 Å². The Hall–Kier alpha value is -2.66. The summed E-state index contributed by atoms with van der Waals surface area (Å²) >= 11 is 5.34. The molecule has 192 valence electrons. The molecule has 0 radical (unpaired) electrons. The Balaban J connectivity index is 1.64. The van der Waals surface area contributed by atoms with Crippen molar-refractivity contribution in [1.82, 2.24) is 24.4 Å². The molecule has 16 heteroatoms. The Bertz CT molecular complexity index is 1280. The number of anilines is 1. The molecule has 2 aliphatic heterocycles. The van der Waals surface area contributed by atoms with Gasteiger partial charge >= 0.3 is 0 Å². The third-order valence-electron chi connectivity index (χ3n) is 5.80. The van der Waals surface area contributed by atoms with Gasteiger partial charge in [-0.2, -0.15) is 4.98 Å². The number of sulfone groups is 1. The van der Waals surface area contributed by atoms with Crippen LogP contribution in [0.3, 0.4) is 0 Å². The minimum absolute atomic E-state index is 0.0312. The number of nitrogens with one attached hydrogen (secondary N) is 2.